The fourth-order valence-corrected chi connectivity index (χ4v) is 2.22. The quantitative estimate of drug-likeness (QED) is 0.684. The maximum absolute atomic E-state index is 12.2. The van der Waals surface area contributed by atoms with Gasteiger partial charge in [0.25, 0.3) is 11.1 Å². The standard InChI is InChI=1S/C13H12N2O2/c1-9-6-7-14-12(16)10-4-2-3-5-11(10)13(17)15(14)8-9/h2-5,8H,6-7H2,1H3. The molecule has 0 unspecified atom stereocenters. The number of aromatic nitrogens is 2. The molecular weight excluding hydrogens is 216 g/mol. The van der Waals surface area contributed by atoms with Gasteiger partial charge in [0.1, 0.15) is 0 Å². The van der Waals surface area contributed by atoms with Crippen LogP contribution < -0.4 is 11.1 Å². The molecule has 1 aliphatic heterocycles. The van der Waals surface area contributed by atoms with Gasteiger partial charge in [-0.1, -0.05) is 17.7 Å². The van der Waals surface area contributed by atoms with E-state index in [0.717, 1.165) is 12.0 Å². The molecule has 0 N–H and O–H groups in total. The fourth-order valence-electron chi connectivity index (χ4n) is 2.22. The van der Waals surface area contributed by atoms with E-state index in [4.69, 9.17) is 0 Å². The minimum atomic E-state index is -0.126. The van der Waals surface area contributed by atoms with E-state index in [1.54, 1.807) is 30.5 Å². The van der Waals surface area contributed by atoms with Crippen molar-refractivity contribution in [3.8, 4) is 0 Å². The van der Waals surface area contributed by atoms with Gasteiger partial charge in [-0.2, -0.15) is 0 Å². The first-order valence-electron chi connectivity index (χ1n) is 5.60. The Labute approximate surface area is 97.4 Å². The molecule has 1 aromatic carbocycles. The van der Waals surface area contributed by atoms with E-state index < -0.39 is 0 Å². The van der Waals surface area contributed by atoms with Crippen molar-refractivity contribution in [1.82, 2.24) is 9.36 Å². The second-order valence-electron chi connectivity index (χ2n) is 4.35. The Hall–Kier alpha value is -2.10. The van der Waals surface area contributed by atoms with E-state index in [0.29, 0.717) is 17.3 Å². The SMILES string of the molecule is CC1=Cn2c(=O)c3ccccc3c(=O)n2CC1. The molecule has 0 bridgehead atoms. The second kappa shape index (κ2) is 3.45. The Morgan fingerprint density at radius 2 is 1.71 bits per heavy atom. The molecule has 2 aromatic rings. The maximum atomic E-state index is 12.2. The van der Waals surface area contributed by atoms with Gasteiger partial charge in [0.15, 0.2) is 0 Å². The van der Waals surface area contributed by atoms with Gasteiger partial charge in [0.05, 0.1) is 10.8 Å². The minimum Gasteiger partial charge on any atom is -0.267 e. The average molecular weight is 228 g/mol. The Balaban J connectivity index is 2.56. The monoisotopic (exact) mass is 228 g/mol. The molecule has 4 heteroatoms. The van der Waals surface area contributed by atoms with Gasteiger partial charge in [-0.05, 0) is 25.5 Å². The van der Waals surface area contributed by atoms with Crippen molar-refractivity contribution in [1.29, 1.82) is 0 Å². The number of rotatable bonds is 0. The third-order valence-electron chi connectivity index (χ3n) is 3.15. The summed E-state index contributed by atoms with van der Waals surface area (Å²) in [4.78, 5) is 24.4. The Bertz CT molecular complexity index is 750. The first kappa shape index (κ1) is 10.1. The molecule has 2 heterocycles. The lowest BCUT2D eigenvalue weighted by molar-refractivity contribution is 0.505. The lowest BCUT2D eigenvalue weighted by Gasteiger charge is -2.18. The summed E-state index contributed by atoms with van der Waals surface area (Å²) >= 11 is 0. The van der Waals surface area contributed by atoms with Gasteiger partial charge >= 0.3 is 0 Å². The molecule has 1 aliphatic rings. The van der Waals surface area contributed by atoms with Gasteiger partial charge in [0, 0.05) is 12.7 Å². The van der Waals surface area contributed by atoms with Crippen LogP contribution in [0.5, 0.6) is 0 Å². The van der Waals surface area contributed by atoms with Crippen LogP contribution in [0.1, 0.15) is 13.3 Å². The van der Waals surface area contributed by atoms with Crippen molar-refractivity contribution in [2.24, 2.45) is 0 Å². The number of benzene rings is 1. The predicted octanol–water partition coefficient (Wildman–Crippen LogP) is 1.43. The molecule has 0 radical (unpaired) electrons. The highest BCUT2D eigenvalue weighted by atomic mass is 16.2. The number of allylic oxidation sites excluding steroid dienone is 1. The Kier molecular flexibility index (Phi) is 2.04. The average Bonchev–Trinajstić information content (AvgIpc) is 2.36. The molecule has 0 saturated carbocycles. The number of fused-ring (bicyclic) bond motifs is 2. The minimum absolute atomic E-state index is 0.0936. The van der Waals surface area contributed by atoms with Crippen LogP contribution >= 0.6 is 0 Å². The van der Waals surface area contributed by atoms with E-state index in [9.17, 15) is 9.59 Å². The van der Waals surface area contributed by atoms with E-state index in [1.807, 2.05) is 6.92 Å². The van der Waals surface area contributed by atoms with Gasteiger partial charge in [-0.15, -0.1) is 0 Å². The highest BCUT2D eigenvalue weighted by Crippen LogP contribution is 2.11. The van der Waals surface area contributed by atoms with Crippen molar-refractivity contribution in [3.63, 3.8) is 0 Å². The molecule has 3 rings (SSSR count). The first-order valence-corrected chi connectivity index (χ1v) is 5.60. The maximum Gasteiger partial charge on any atom is 0.277 e. The molecule has 86 valence electrons. The zero-order chi connectivity index (χ0) is 12.0. The van der Waals surface area contributed by atoms with Crippen molar-refractivity contribution in [2.45, 2.75) is 19.9 Å². The van der Waals surface area contributed by atoms with Crippen LogP contribution in [0.3, 0.4) is 0 Å². The molecule has 0 amide bonds. The zero-order valence-electron chi connectivity index (χ0n) is 9.51. The fraction of sp³-hybridized carbons (Fsp3) is 0.231. The third kappa shape index (κ3) is 1.37. The first-order chi connectivity index (χ1) is 8.18. The molecule has 17 heavy (non-hydrogen) atoms. The van der Waals surface area contributed by atoms with E-state index in [1.165, 1.54) is 9.36 Å². The number of nitrogens with zero attached hydrogens (tertiary/aromatic N) is 2. The molecule has 0 atom stereocenters. The van der Waals surface area contributed by atoms with Crippen LogP contribution in [0, 0.1) is 0 Å². The second-order valence-corrected chi connectivity index (χ2v) is 4.35. The van der Waals surface area contributed by atoms with Gasteiger partial charge in [-0.25, -0.2) is 9.36 Å². The number of hydrogen-bond donors (Lipinski definition) is 0. The normalized spacial score (nSPS) is 14.5. The third-order valence-corrected chi connectivity index (χ3v) is 3.15. The van der Waals surface area contributed by atoms with E-state index >= 15 is 0 Å². The van der Waals surface area contributed by atoms with Crippen molar-refractivity contribution < 1.29 is 0 Å². The lowest BCUT2D eigenvalue weighted by Crippen LogP contribution is -2.38. The summed E-state index contributed by atoms with van der Waals surface area (Å²) < 4.78 is 2.95. The van der Waals surface area contributed by atoms with Crippen LogP contribution in [0.4, 0.5) is 0 Å². The number of hydrogen-bond acceptors (Lipinski definition) is 2. The van der Waals surface area contributed by atoms with Gasteiger partial charge < -0.3 is 0 Å². The lowest BCUT2D eigenvalue weighted by atomic mass is 10.1. The summed E-state index contributed by atoms with van der Waals surface area (Å²) in [5.74, 6) is 0. The van der Waals surface area contributed by atoms with Crippen LogP contribution in [-0.2, 0) is 6.54 Å². The van der Waals surface area contributed by atoms with Crippen LogP contribution in [0.2, 0.25) is 0 Å². The van der Waals surface area contributed by atoms with E-state index in [2.05, 4.69) is 0 Å². The van der Waals surface area contributed by atoms with Crippen LogP contribution in [0.25, 0.3) is 17.0 Å². The molecule has 1 aromatic heterocycles. The van der Waals surface area contributed by atoms with Crippen LogP contribution in [0.15, 0.2) is 39.4 Å². The summed E-state index contributed by atoms with van der Waals surface area (Å²) in [6.45, 7) is 2.54. The highest BCUT2D eigenvalue weighted by Gasteiger charge is 2.14. The molecule has 0 spiro atoms. The summed E-state index contributed by atoms with van der Waals surface area (Å²) in [6.07, 6.45) is 2.57. The van der Waals surface area contributed by atoms with Crippen molar-refractivity contribution in [3.05, 3.63) is 50.5 Å². The van der Waals surface area contributed by atoms with Crippen molar-refractivity contribution in [2.75, 3.05) is 0 Å². The Morgan fingerprint density at radius 3 is 2.41 bits per heavy atom. The smallest absolute Gasteiger partial charge is 0.267 e. The summed E-state index contributed by atoms with van der Waals surface area (Å²) in [6, 6.07) is 6.97. The summed E-state index contributed by atoms with van der Waals surface area (Å²) in [5, 5.41) is 0.987. The van der Waals surface area contributed by atoms with Gasteiger partial charge in [-0.3, -0.25) is 9.59 Å². The summed E-state index contributed by atoms with van der Waals surface area (Å²) in [7, 11) is 0. The van der Waals surface area contributed by atoms with E-state index in [-0.39, 0.29) is 11.1 Å². The van der Waals surface area contributed by atoms with Gasteiger partial charge in [0.2, 0.25) is 0 Å². The molecule has 4 nitrogen and oxygen atoms in total. The predicted molar refractivity (Wildman–Crippen MR) is 67.0 cm³/mol. The topological polar surface area (TPSA) is 44.0 Å². The van der Waals surface area contributed by atoms with Crippen LogP contribution in [-0.4, -0.2) is 9.36 Å². The highest BCUT2D eigenvalue weighted by molar-refractivity contribution is 5.80. The zero-order valence-corrected chi connectivity index (χ0v) is 9.51. The molecule has 0 saturated heterocycles. The summed E-state index contributed by atoms with van der Waals surface area (Å²) in [5.41, 5.74) is 0.894. The Morgan fingerprint density at radius 1 is 1.06 bits per heavy atom. The largest absolute Gasteiger partial charge is 0.277 e. The molecular formula is C13H12N2O2. The molecule has 0 aliphatic carbocycles. The molecule has 0 fully saturated rings. The van der Waals surface area contributed by atoms with Crippen molar-refractivity contribution >= 4 is 17.0 Å².